The highest BCUT2D eigenvalue weighted by atomic mass is 35.5. The first-order valence-electron chi connectivity index (χ1n) is 13.0. The van der Waals surface area contributed by atoms with Crippen molar-refractivity contribution >= 4 is 34.9 Å². The van der Waals surface area contributed by atoms with Crippen LogP contribution in [0.3, 0.4) is 0 Å². The first kappa shape index (κ1) is 26.1. The van der Waals surface area contributed by atoms with E-state index in [9.17, 15) is 14.7 Å². The molecular weight excluding hydrogens is 500 g/mol. The number of halogens is 1. The summed E-state index contributed by atoms with van der Waals surface area (Å²) in [5.74, 6) is -1.46. The van der Waals surface area contributed by atoms with Gasteiger partial charge in [-0.3, -0.25) is 14.5 Å². The Morgan fingerprint density at radius 2 is 1.82 bits per heavy atom. The van der Waals surface area contributed by atoms with Gasteiger partial charge in [-0.1, -0.05) is 62.7 Å². The number of ether oxygens (including phenoxy) is 1. The number of benzene rings is 3. The van der Waals surface area contributed by atoms with Crippen molar-refractivity contribution in [1.29, 1.82) is 0 Å². The first-order valence-corrected chi connectivity index (χ1v) is 13.4. The van der Waals surface area contributed by atoms with Crippen molar-refractivity contribution in [1.82, 2.24) is 0 Å². The van der Waals surface area contributed by atoms with Crippen molar-refractivity contribution in [3.05, 3.63) is 87.9 Å². The molecule has 2 unspecified atom stereocenters. The van der Waals surface area contributed by atoms with Gasteiger partial charge in [0.15, 0.2) is 0 Å². The molecule has 38 heavy (non-hydrogen) atoms. The molecule has 5 rings (SSSR count). The van der Waals surface area contributed by atoms with Gasteiger partial charge in [0, 0.05) is 22.3 Å². The van der Waals surface area contributed by atoms with E-state index in [4.69, 9.17) is 16.3 Å². The van der Waals surface area contributed by atoms with E-state index in [-0.39, 0.29) is 17.4 Å². The Bertz CT molecular complexity index is 1410. The van der Waals surface area contributed by atoms with Gasteiger partial charge in [0.1, 0.15) is 18.3 Å². The number of aliphatic carboxylic acids is 1. The lowest BCUT2D eigenvalue weighted by Crippen LogP contribution is -2.45. The van der Waals surface area contributed by atoms with Crippen LogP contribution < -0.4 is 14.5 Å². The van der Waals surface area contributed by atoms with Crippen LogP contribution in [0.5, 0.6) is 5.75 Å². The topological polar surface area (TPSA) is 70.1 Å². The molecule has 2 atom stereocenters. The summed E-state index contributed by atoms with van der Waals surface area (Å²) in [4.78, 5) is 30.8. The molecule has 3 aromatic carbocycles. The lowest BCUT2D eigenvalue weighted by Gasteiger charge is -2.42. The third-order valence-electron chi connectivity index (χ3n) is 7.49. The molecule has 3 aromatic rings. The van der Waals surface area contributed by atoms with Gasteiger partial charge < -0.3 is 14.7 Å². The summed E-state index contributed by atoms with van der Waals surface area (Å²) in [7, 11) is 0. The lowest BCUT2D eigenvalue weighted by molar-refractivity contribution is -0.139. The molecule has 2 aliphatic rings. The van der Waals surface area contributed by atoms with E-state index < -0.39 is 17.9 Å². The van der Waals surface area contributed by atoms with Crippen LogP contribution in [0.15, 0.2) is 60.7 Å². The highest BCUT2D eigenvalue weighted by Crippen LogP contribution is 2.48. The second-order valence-electron chi connectivity index (χ2n) is 11.3. The van der Waals surface area contributed by atoms with Crippen LogP contribution in [0.2, 0.25) is 5.02 Å². The molecule has 2 heterocycles. The predicted octanol–water partition coefficient (Wildman–Crippen LogP) is 6.81. The zero-order chi connectivity index (χ0) is 27.4. The average Bonchev–Trinajstić information content (AvgIpc) is 2.86. The number of carbonyl (C=O) groups excluding carboxylic acids is 1. The molecule has 0 saturated heterocycles. The Balaban J connectivity index is 1.73. The summed E-state index contributed by atoms with van der Waals surface area (Å²) < 4.78 is 5.91. The lowest BCUT2D eigenvalue weighted by atomic mass is 9.79. The summed E-state index contributed by atoms with van der Waals surface area (Å²) in [6.07, 6.45) is 0. The third kappa shape index (κ3) is 4.41. The second-order valence-corrected chi connectivity index (χ2v) is 11.7. The Morgan fingerprint density at radius 1 is 1.08 bits per heavy atom. The molecule has 2 aliphatic heterocycles. The van der Waals surface area contributed by atoms with Crippen molar-refractivity contribution in [3.8, 4) is 5.75 Å². The Labute approximate surface area is 228 Å². The number of hydrogen-bond acceptors (Lipinski definition) is 4. The van der Waals surface area contributed by atoms with Gasteiger partial charge >= 0.3 is 5.97 Å². The molecule has 0 fully saturated rings. The predicted molar refractivity (Wildman–Crippen MR) is 151 cm³/mol. The fourth-order valence-electron chi connectivity index (χ4n) is 5.66. The SMILES string of the molecule is CC(C)N1CCOc2ccc(C3C(C(=O)O)c4ccccc4C(=O)N3c3ccc(C(C)(C)C)c(Cl)c3)cc21. The van der Waals surface area contributed by atoms with Gasteiger partial charge in [0.2, 0.25) is 0 Å². The number of amides is 1. The number of fused-ring (bicyclic) bond motifs is 2. The van der Waals surface area contributed by atoms with Gasteiger partial charge in [-0.25, -0.2) is 0 Å². The van der Waals surface area contributed by atoms with Crippen LogP contribution in [0, 0.1) is 0 Å². The largest absolute Gasteiger partial charge is 0.490 e. The minimum atomic E-state index is -0.993. The summed E-state index contributed by atoms with van der Waals surface area (Å²) in [5.41, 5.74) is 3.86. The van der Waals surface area contributed by atoms with E-state index >= 15 is 0 Å². The van der Waals surface area contributed by atoms with Gasteiger partial charge in [0.25, 0.3) is 5.91 Å². The molecule has 198 valence electrons. The van der Waals surface area contributed by atoms with E-state index in [1.165, 1.54) is 0 Å². The number of rotatable bonds is 4. The normalized spacial score (nSPS) is 19.2. The van der Waals surface area contributed by atoms with Gasteiger partial charge in [-0.2, -0.15) is 0 Å². The molecule has 0 aromatic heterocycles. The van der Waals surface area contributed by atoms with E-state index in [1.54, 1.807) is 35.2 Å². The maximum absolute atomic E-state index is 14.1. The molecule has 0 aliphatic carbocycles. The van der Waals surface area contributed by atoms with E-state index in [2.05, 4.69) is 39.5 Å². The van der Waals surface area contributed by atoms with Crippen molar-refractivity contribution in [3.63, 3.8) is 0 Å². The van der Waals surface area contributed by atoms with Crippen molar-refractivity contribution < 1.29 is 19.4 Å². The first-order chi connectivity index (χ1) is 18.0. The molecule has 0 bridgehead atoms. The summed E-state index contributed by atoms with van der Waals surface area (Å²) in [6, 6.07) is 17.8. The smallest absolute Gasteiger partial charge is 0.313 e. The molecule has 7 heteroatoms. The maximum atomic E-state index is 14.1. The Hall–Kier alpha value is -3.51. The summed E-state index contributed by atoms with van der Waals surface area (Å²) in [6.45, 7) is 11.8. The zero-order valence-electron chi connectivity index (χ0n) is 22.4. The molecule has 1 amide bonds. The van der Waals surface area contributed by atoms with Crippen LogP contribution in [-0.2, 0) is 10.2 Å². The standard InChI is InChI=1S/C31H33ClN2O4/c1-18(2)33-14-15-38-26-13-10-19(16-25(26)33)28-27(30(36)37)21-8-6-7-9-22(21)29(35)34(28)20-11-12-23(24(32)17-20)31(3,4)5/h6-13,16-18,27-28H,14-15H2,1-5H3,(H,36,37). The highest BCUT2D eigenvalue weighted by molar-refractivity contribution is 6.32. The number of carboxylic acid groups (broad SMARTS) is 1. The summed E-state index contributed by atoms with van der Waals surface area (Å²) in [5, 5.41) is 11.1. The van der Waals surface area contributed by atoms with Gasteiger partial charge in [-0.05, 0) is 66.3 Å². The second kappa shape index (κ2) is 9.66. The molecule has 6 nitrogen and oxygen atoms in total. The number of carbonyl (C=O) groups is 2. The van der Waals surface area contributed by atoms with Crippen LogP contribution in [0.4, 0.5) is 11.4 Å². The Morgan fingerprint density at radius 3 is 2.47 bits per heavy atom. The van der Waals surface area contributed by atoms with Crippen molar-refractivity contribution in [2.24, 2.45) is 0 Å². The monoisotopic (exact) mass is 532 g/mol. The molecular formula is C31H33ClN2O4. The van der Waals surface area contributed by atoms with Crippen LogP contribution in [0.1, 0.15) is 73.6 Å². The molecule has 0 spiro atoms. The Kier molecular flexibility index (Phi) is 6.64. The number of nitrogens with zero attached hydrogens (tertiary/aromatic N) is 2. The van der Waals surface area contributed by atoms with Crippen molar-refractivity contribution in [2.75, 3.05) is 23.0 Å². The zero-order valence-corrected chi connectivity index (χ0v) is 23.1. The summed E-state index contributed by atoms with van der Waals surface area (Å²) >= 11 is 6.75. The van der Waals surface area contributed by atoms with Crippen LogP contribution >= 0.6 is 11.6 Å². The van der Waals surface area contributed by atoms with E-state index in [1.807, 2.05) is 30.3 Å². The quantitative estimate of drug-likeness (QED) is 0.399. The van der Waals surface area contributed by atoms with E-state index in [0.29, 0.717) is 28.4 Å². The molecule has 1 N–H and O–H groups in total. The fraction of sp³-hybridized carbons (Fsp3) is 0.355. The van der Waals surface area contributed by atoms with E-state index in [0.717, 1.165) is 29.1 Å². The minimum absolute atomic E-state index is 0.185. The number of hydrogen-bond donors (Lipinski definition) is 1. The van der Waals surface area contributed by atoms with Crippen LogP contribution in [0.25, 0.3) is 0 Å². The highest BCUT2D eigenvalue weighted by Gasteiger charge is 2.45. The van der Waals surface area contributed by atoms with Gasteiger partial charge in [-0.15, -0.1) is 0 Å². The third-order valence-corrected chi connectivity index (χ3v) is 7.80. The average molecular weight is 533 g/mol. The maximum Gasteiger partial charge on any atom is 0.313 e. The number of anilines is 2. The molecule has 0 radical (unpaired) electrons. The van der Waals surface area contributed by atoms with Gasteiger partial charge in [0.05, 0.1) is 18.3 Å². The number of carboxylic acids is 1. The molecule has 0 saturated carbocycles. The fourth-order valence-corrected chi connectivity index (χ4v) is 6.12. The minimum Gasteiger partial charge on any atom is -0.490 e. The van der Waals surface area contributed by atoms with Crippen LogP contribution in [-0.4, -0.2) is 36.2 Å². The van der Waals surface area contributed by atoms with Crippen molar-refractivity contribution in [2.45, 2.75) is 58.0 Å².